The second kappa shape index (κ2) is 9.49. The van der Waals surface area contributed by atoms with Crippen molar-refractivity contribution in [3.05, 3.63) is 40.3 Å². The summed E-state index contributed by atoms with van der Waals surface area (Å²) in [4.78, 5) is 30.6. The molecule has 9 heteroatoms. The van der Waals surface area contributed by atoms with Crippen LogP contribution in [0, 0.1) is 0 Å². The molecule has 1 aromatic carbocycles. The van der Waals surface area contributed by atoms with Crippen molar-refractivity contribution in [3.63, 3.8) is 0 Å². The number of ether oxygens (including phenoxy) is 2. The number of benzene rings is 1. The van der Waals surface area contributed by atoms with Crippen molar-refractivity contribution in [2.24, 2.45) is 0 Å². The Morgan fingerprint density at radius 2 is 2.25 bits per heavy atom. The standard InChI is InChI=1S/C19H23N3O4S2/c1-12-9-15-17(28-12)18(24)22(7-8-25-2)19(21-15)27-11-16(23)20-13-5-4-6-14(10-13)26-3/h4-6,10,12H,7-9,11H2,1-3H3,(H,20,23)/t12-/m1/s1. The number of thioether (sulfide) groups is 2. The minimum Gasteiger partial charge on any atom is -0.497 e. The van der Waals surface area contributed by atoms with Crippen LogP contribution < -0.4 is 15.6 Å². The minimum atomic E-state index is -0.172. The van der Waals surface area contributed by atoms with Gasteiger partial charge in [-0.05, 0) is 12.1 Å². The summed E-state index contributed by atoms with van der Waals surface area (Å²) in [5.74, 6) is 0.651. The zero-order chi connectivity index (χ0) is 20.1. The molecule has 1 atom stereocenters. The Labute approximate surface area is 172 Å². The predicted molar refractivity (Wildman–Crippen MR) is 112 cm³/mol. The van der Waals surface area contributed by atoms with E-state index in [1.807, 2.05) is 12.1 Å². The number of carbonyl (C=O) groups is 1. The lowest BCUT2D eigenvalue weighted by atomic mass is 10.2. The van der Waals surface area contributed by atoms with E-state index in [1.165, 1.54) is 11.8 Å². The van der Waals surface area contributed by atoms with Crippen molar-refractivity contribution in [3.8, 4) is 5.75 Å². The normalized spacial score (nSPS) is 15.3. The minimum absolute atomic E-state index is 0.0490. The fourth-order valence-corrected chi connectivity index (χ4v) is 4.81. The second-order valence-corrected chi connectivity index (χ2v) is 8.71. The van der Waals surface area contributed by atoms with Gasteiger partial charge in [0.25, 0.3) is 5.56 Å². The van der Waals surface area contributed by atoms with E-state index in [0.717, 1.165) is 12.1 Å². The van der Waals surface area contributed by atoms with Crippen LogP contribution >= 0.6 is 23.5 Å². The number of rotatable bonds is 8. The highest BCUT2D eigenvalue weighted by molar-refractivity contribution is 8.00. The molecule has 1 amide bonds. The Morgan fingerprint density at radius 1 is 1.43 bits per heavy atom. The van der Waals surface area contributed by atoms with E-state index < -0.39 is 0 Å². The molecule has 0 saturated heterocycles. The predicted octanol–water partition coefficient (Wildman–Crippen LogP) is 2.67. The molecule has 2 aromatic rings. The summed E-state index contributed by atoms with van der Waals surface area (Å²) in [6.45, 7) is 2.90. The van der Waals surface area contributed by atoms with Crippen LogP contribution in [-0.2, 0) is 22.5 Å². The van der Waals surface area contributed by atoms with Gasteiger partial charge in [-0.25, -0.2) is 4.98 Å². The van der Waals surface area contributed by atoms with Crippen LogP contribution in [-0.4, -0.2) is 47.3 Å². The third-order valence-corrected chi connectivity index (χ3v) is 6.36. The van der Waals surface area contributed by atoms with Gasteiger partial charge in [-0.15, -0.1) is 11.8 Å². The number of nitrogens with one attached hydrogen (secondary N) is 1. The molecule has 150 valence electrons. The van der Waals surface area contributed by atoms with E-state index in [4.69, 9.17) is 9.47 Å². The molecule has 1 aliphatic rings. The SMILES string of the molecule is COCCn1c(SCC(=O)Nc2cccc(OC)c2)nc2c(c1=O)S[C@H](C)C2. The van der Waals surface area contributed by atoms with Crippen molar-refractivity contribution in [1.29, 1.82) is 0 Å². The van der Waals surface area contributed by atoms with Gasteiger partial charge in [0, 0.05) is 30.5 Å². The quantitative estimate of drug-likeness (QED) is 0.518. The van der Waals surface area contributed by atoms with E-state index >= 15 is 0 Å². The van der Waals surface area contributed by atoms with Gasteiger partial charge in [-0.2, -0.15) is 0 Å². The Kier molecular flexibility index (Phi) is 7.03. The molecule has 28 heavy (non-hydrogen) atoms. The van der Waals surface area contributed by atoms with Gasteiger partial charge in [0.05, 0.1) is 36.6 Å². The molecule has 0 radical (unpaired) electrons. The molecule has 0 aliphatic carbocycles. The third kappa shape index (κ3) is 4.89. The summed E-state index contributed by atoms with van der Waals surface area (Å²) < 4.78 is 11.9. The van der Waals surface area contributed by atoms with Gasteiger partial charge < -0.3 is 14.8 Å². The molecule has 7 nitrogen and oxygen atoms in total. The van der Waals surface area contributed by atoms with Gasteiger partial charge in [0.1, 0.15) is 5.75 Å². The number of amides is 1. The monoisotopic (exact) mass is 421 g/mol. The number of methoxy groups -OCH3 is 2. The van der Waals surface area contributed by atoms with Gasteiger partial charge >= 0.3 is 0 Å². The van der Waals surface area contributed by atoms with Crippen LogP contribution in [0.15, 0.2) is 39.1 Å². The molecular formula is C19H23N3O4S2. The van der Waals surface area contributed by atoms with Gasteiger partial charge in [0.15, 0.2) is 5.16 Å². The number of carbonyl (C=O) groups excluding carboxylic acids is 1. The van der Waals surface area contributed by atoms with Crippen LogP contribution in [0.2, 0.25) is 0 Å². The summed E-state index contributed by atoms with van der Waals surface area (Å²) in [6, 6.07) is 7.17. The molecular weight excluding hydrogens is 398 g/mol. The maximum Gasteiger partial charge on any atom is 0.268 e. The average Bonchev–Trinajstić information content (AvgIpc) is 3.06. The first-order valence-electron chi connectivity index (χ1n) is 8.87. The Hall–Kier alpha value is -1.97. The highest BCUT2D eigenvalue weighted by atomic mass is 32.2. The maximum absolute atomic E-state index is 12.9. The summed E-state index contributed by atoms with van der Waals surface area (Å²) in [6.07, 6.45) is 0.768. The first-order valence-corrected chi connectivity index (χ1v) is 10.7. The first kappa shape index (κ1) is 20.8. The van der Waals surface area contributed by atoms with Crippen molar-refractivity contribution in [2.45, 2.75) is 35.2 Å². The summed E-state index contributed by atoms with van der Waals surface area (Å²) in [5.41, 5.74) is 1.44. The smallest absolute Gasteiger partial charge is 0.268 e. The van der Waals surface area contributed by atoms with E-state index in [9.17, 15) is 9.59 Å². The highest BCUT2D eigenvalue weighted by Crippen LogP contribution is 2.34. The summed E-state index contributed by atoms with van der Waals surface area (Å²) in [7, 11) is 3.17. The molecule has 2 heterocycles. The lowest BCUT2D eigenvalue weighted by molar-refractivity contribution is -0.113. The van der Waals surface area contributed by atoms with E-state index in [2.05, 4.69) is 17.2 Å². The van der Waals surface area contributed by atoms with E-state index in [0.29, 0.717) is 39.9 Å². The van der Waals surface area contributed by atoms with Crippen molar-refractivity contribution < 1.29 is 14.3 Å². The van der Waals surface area contributed by atoms with Gasteiger partial charge in [-0.1, -0.05) is 24.8 Å². The van der Waals surface area contributed by atoms with Crippen LogP contribution in [0.3, 0.4) is 0 Å². The third-order valence-electron chi connectivity index (χ3n) is 4.17. The molecule has 0 spiro atoms. The molecule has 1 aromatic heterocycles. The number of nitrogens with zero attached hydrogens (tertiary/aromatic N) is 2. The molecule has 0 fully saturated rings. The van der Waals surface area contributed by atoms with Crippen molar-refractivity contribution in [1.82, 2.24) is 9.55 Å². The van der Waals surface area contributed by atoms with Crippen LogP contribution in [0.1, 0.15) is 12.6 Å². The number of fused-ring (bicyclic) bond motifs is 1. The number of aromatic nitrogens is 2. The second-order valence-electron chi connectivity index (χ2n) is 6.32. The van der Waals surface area contributed by atoms with E-state index in [-0.39, 0.29) is 17.2 Å². The van der Waals surface area contributed by atoms with Crippen LogP contribution in [0.4, 0.5) is 5.69 Å². The van der Waals surface area contributed by atoms with Gasteiger partial charge in [0.2, 0.25) is 5.91 Å². The number of hydrogen-bond acceptors (Lipinski definition) is 7. The summed E-state index contributed by atoms with van der Waals surface area (Å²) >= 11 is 2.83. The van der Waals surface area contributed by atoms with Crippen molar-refractivity contribution in [2.75, 3.05) is 31.9 Å². The largest absolute Gasteiger partial charge is 0.497 e. The fourth-order valence-electron chi connectivity index (χ4n) is 2.85. The lowest BCUT2D eigenvalue weighted by Gasteiger charge is -2.13. The Morgan fingerprint density at radius 3 is 3.00 bits per heavy atom. The highest BCUT2D eigenvalue weighted by Gasteiger charge is 2.26. The molecule has 3 rings (SSSR count). The topological polar surface area (TPSA) is 82.4 Å². The molecule has 1 aliphatic heterocycles. The average molecular weight is 422 g/mol. The zero-order valence-electron chi connectivity index (χ0n) is 16.1. The Bertz CT molecular complexity index is 917. The van der Waals surface area contributed by atoms with Gasteiger partial charge in [-0.3, -0.25) is 14.2 Å². The van der Waals surface area contributed by atoms with Crippen LogP contribution in [0.5, 0.6) is 5.75 Å². The molecule has 1 N–H and O–H groups in total. The van der Waals surface area contributed by atoms with E-state index in [1.54, 1.807) is 42.7 Å². The van der Waals surface area contributed by atoms with Crippen molar-refractivity contribution >= 4 is 35.1 Å². The Balaban J connectivity index is 1.74. The summed E-state index contributed by atoms with van der Waals surface area (Å²) in [5, 5.41) is 3.73. The molecule has 0 saturated carbocycles. The fraction of sp³-hybridized carbons (Fsp3) is 0.421. The number of anilines is 1. The molecule has 0 bridgehead atoms. The maximum atomic E-state index is 12.9. The molecule has 0 unspecified atom stereocenters. The van der Waals surface area contributed by atoms with Crippen LogP contribution in [0.25, 0.3) is 0 Å². The first-order chi connectivity index (χ1) is 13.5. The number of hydrogen-bond donors (Lipinski definition) is 1. The lowest BCUT2D eigenvalue weighted by Crippen LogP contribution is -2.27. The zero-order valence-corrected chi connectivity index (χ0v) is 17.7.